The van der Waals surface area contributed by atoms with E-state index in [2.05, 4.69) is 9.62 Å². The summed E-state index contributed by atoms with van der Waals surface area (Å²) >= 11 is 5.91. The highest BCUT2D eigenvalue weighted by Crippen LogP contribution is 2.36. The van der Waals surface area contributed by atoms with Crippen LogP contribution in [0.5, 0.6) is 0 Å². The predicted molar refractivity (Wildman–Crippen MR) is 86.1 cm³/mol. The monoisotopic (exact) mass is 331 g/mol. The average molecular weight is 332 g/mol. The zero-order valence-electron chi connectivity index (χ0n) is 12.6. The van der Waals surface area contributed by atoms with Gasteiger partial charge in [0.05, 0.1) is 15.6 Å². The van der Waals surface area contributed by atoms with Crippen LogP contribution in [-0.4, -0.2) is 39.5 Å². The molecule has 0 aromatic heterocycles. The van der Waals surface area contributed by atoms with Gasteiger partial charge in [-0.25, -0.2) is 13.1 Å². The van der Waals surface area contributed by atoms with Gasteiger partial charge in [0.2, 0.25) is 10.0 Å². The van der Waals surface area contributed by atoms with Crippen molar-refractivity contribution in [3.8, 4) is 0 Å². The van der Waals surface area contributed by atoms with Crippen LogP contribution in [0.1, 0.15) is 24.8 Å². The molecule has 0 saturated heterocycles. The largest absolute Gasteiger partial charge is 0.397 e. The molecule has 3 N–H and O–H groups in total. The van der Waals surface area contributed by atoms with E-state index in [4.69, 9.17) is 17.3 Å². The number of nitrogens with one attached hydrogen (secondary N) is 1. The summed E-state index contributed by atoms with van der Waals surface area (Å²) in [5.41, 5.74) is 6.51. The summed E-state index contributed by atoms with van der Waals surface area (Å²) in [5, 5.41) is 0.371. The number of anilines is 1. The van der Waals surface area contributed by atoms with Gasteiger partial charge in [0.15, 0.2) is 0 Å². The first-order chi connectivity index (χ1) is 9.68. The number of hydrogen-bond acceptors (Lipinski definition) is 4. The first kappa shape index (κ1) is 16.5. The molecule has 118 valence electrons. The Labute approximate surface area is 131 Å². The van der Waals surface area contributed by atoms with E-state index in [-0.39, 0.29) is 16.1 Å². The second-order valence-corrected chi connectivity index (χ2v) is 8.08. The van der Waals surface area contributed by atoms with Gasteiger partial charge in [0.25, 0.3) is 0 Å². The smallest absolute Gasteiger partial charge is 0.240 e. The Hall–Kier alpha value is -0.820. The summed E-state index contributed by atoms with van der Waals surface area (Å²) in [5.74, 6) is 0. The maximum absolute atomic E-state index is 12.5. The Morgan fingerprint density at radius 2 is 2.00 bits per heavy atom. The molecule has 0 aliphatic heterocycles. The maximum Gasteiger partial charge on any atom is 0.240 e. The standard InChI is InChI=1S/C14H22ClN3O2S/c1-10-7-11(15)12(16)8-13(10)21(19,20)17-9-14(18(2)3)5-4-6-14/h7-8,17H,4-6,9,16H2,1-3H3. The lowest BCUT2D eigenvalue weighted by Crippen LogP contribution is -2.57. The third-order valence-corrected chi connectivity index (χ3v) is 6.28. The molecule has 0 radical (unpaired) electrons. The highest BCUT2D eigenvalue weighted by molar-refractivity contribution is 7.89. The summed E-state index contributed by atoms with van der Waals surface area (Å²) < 4.78 is 27.7. The van der Waals surface area contributed by atoms with Gasteiger partial charge >= 0.3 is 0 Å². The van der Waals surface area contributed by atoms with Gasteiger partial charge in [-0.2, -0.15) is 0 Å². The number of hydrogen-bond donors (Lipinski definition) is 2. The fourth-order valence-corrected chi connectivity index (χ4v) is 4.23. The molecule has 1 aromatic carbocycles. The van der Waals surface area contributed by atoms with Crippen LogP contribution in [0, 0.1) is 6.92 Å². The lowest BCUT2D eigenvalue weighted by molar-refractivity contribution is 0.0657. The summed E-state index contributed by atoms with van der Waals surface area (Å²) in [4.78, 5) is 2.29. The average Bonchev–Trinajstić information content (AvgIpc) is 2.31. The number of likely N-dealkylation sites (N-methyl/N-ethyl adjacent to an activating group) is 1. The Morgan fingerprint density at radius 1 is 1.38 bits per heavy atom. The van der Waals surface area contributed by atoms with Crippen LogP contribution in [0.2, 0.25) is 5.02 Å². The molecule has 1 saturated carbocycles. The summed E-state index contributed by atoms with van der Waals surface area (Å²) in [6.07, 6.45) is 3.14. The molecule has 1 aliphatic rings. The molecule has 1 aromatic rings. The molecule has 0 bridgehead atoms. The minimum absolute atomic E-state index is 0.0705. The third kappa shape index (κ3) is 3.18. The van der Waals surface area contributed by atoms with E-state index in [9.17, 15) is 8.42 Å². The number of halogens is 1. The second-order valence-electron chi connectivity index (χ2n) is 5.94. The van der Waals surface area contributed by atoms with Gasteiger partial charge in [-0.3, -0.25) is 0 Å². The Bertz CT molecular complexity index is 640. The van der Waals surface area contributed by atoms with Gasteiger partial charge in [0, 0.05) is 12.1 Å². The Balaban J connectivity index is 2.21. The normalized spacial score (nSPS) is 17.8. The number of nitrogens with two attached hydrogens (primary N) is 1. The lowest BCUT2D eigenvalue weighted by Gasteiger charge is -2.47. The highest BCUT2D eigenvalue weighted by Gasteiger charge is 2.40. The second kappa shape index (κ2) is 5.76. The van der Waals surface area contributed by atoms with Crippen molar-refractivity contribution < 1.29 is 8.42 Å². The lowest BCUT2D eigenvalue weighted by atomic mass is 9.76. The summed E-state index contributed by atoms with van der Waals surface area (Å²) in [6.45, 7) is 2.12. The highest BCUT2D eigenvalue weighted by atomic mass is 35.5. The van der Waals surface area contributed by atoms with Crippen LogP contribution < -0.4 is 10.5 Å². The van der Waals surface area contributed by atoms with E-state index >= 15 is 0 Å². The van der Waals surface area contributed by atoms with Gasteiger partial charge in [-0.05, 0) is 58.0 Å². The number of sulfonamides is 1. The van der Waals surface area contributed by atoms with E-state index in [1.54, 1.807) is 13.0 Å². The molecule has 21 heavy (non-hydrogen) atoms. The first-order valence-electron chi connectivity index (χ1n) is 6.91. The van der Waals surface area contributed by atoms with Gasteiger partial charge in [-0.15, -0.1) is 0 Å². The molecule has 5 nitrogen and oxygen atoms in total. The maximum atomic E-state index is 12.5. The zero-order valence-corrected chi connectivity index (χ0v) is 14.2. The van der Waals surface area contributed by atoms with E-state index < -0.39 is 10.0 Å². The van der Waals surface area contributed by atoms with Crippen LogP contribution in [0.15, 0.2) is 17.0 Å². The SMILES string of the molecule is Cc1cc(Cl)c(N)cc1S(=O)(=O)NCC1(N(C)C)CCC1. The molecule has 0 amide bonds. The van der Waals surface area contributed by atoms with E-state index in [0.717, 1.165) is 19.3 Å². The van der Waals surface area contributed by atoms with E-state index in [1.165, 1.54) is 6.07 Å². The molecule has 0 unspecified atom stereocenters. The van der Waals surface area contributed by atoms with Crippen molar-refractivity contribution >= 4 is 27.3 Å². The summed E-state index contributed by atoms with van der Waals surface area (Å²) in [6, 6.07) is 3.00. The molecule has 7 heteroatoms. The molecular formula is C14H22ClN3O2S. The molecule has 1 aliphatic carbocycles. The van der Waals surface area contributed by atoms with E-state index in [1.807, 2.05) is 14.1 Å². The van der Waals surface area contributed by atoms with Crippen molar-refractivity contribution in [2.24, 2.45) is 0 Å². The number of aryl methyl sites for hydroxylation is 1. The van der Waals surface area contributed by atoms with Gasteiger partial charge in [-0.1, -0.05) is 11.6 Å². The van der Waals surface area contributed by atoms with Crippen molar-refractivity contribution in [3.05, 3.63) is 22.7 Å². The topological polar surface area (TPSA) is 75.4 Å². The van der Waals surface area contributed by atoms with Crippen LogP contribution >= 0.6 is 11.6 Å². The quantitative estimate of drug-likeness (QED) is 0.809. The number of nitrogens with zero attached hydrogens (tertiary/aromatic N) is 1. The fourth-order valence-electron chi connectivity index (χ4n) is 2.63. The minimum atomic E-state index is -3.59. The Kier molecular flexibility index (Phi) is 4.54. The zero-order chi connectivity index (χ0) is 15.8. The molecule has 2 rings (SSSR count). The number of nitrogen functional groups attached to an aromatic ring is 1. The molecule has 0 heterocycles. The van der Waals surface area contributed by atoms with Gasteiger partial charge < -0.3 is 10.6 Å². The van der Waals surface area contributed by atoms with Crippen LogP contribution in [0.25, 0.3) is 0 Å². The first-order valence-corrected chi connectivity index (χ1v) is 8.77. The Morgan fingerprint density at radius 3 is 2.48 bits per heavy atom. The van der Waals surface area contributed by atoms with Crippen molar-refractivity contribution in [1.29, 1.82) is 0 Å². The summed E-state index contributed by atoms with van der Waals surface area (Å²) in [7, 11) is 0.382. The molecule has 0 atom stereocenters. The fraction of sp³-hybridized carbons (Fsp3) is 0.571. The van der Waals surface area contributed by atoms with E-state index in [0.29, 0.717) is 17.1 Å². The van der Waals surface area contributed by atoms with Gasteiger partial charge in [0.1, 0.15) is 0 Å². The van der Waals surface area contributed by atoms with Crippen molar-refractivity contribution in [3.63, 3.8) is 0 Å². The minimum Gasteiger partial charge on any atom is -0.397 e. The van der Waals surface area contributed by atoms with Crippen molar-refractivity contribution in [1.82, 2.24) is 9.62 Å². The number of rotatable bonds is 5. The molecular weight excluding hydrogens is 310 g/mol. The van der Waals surface area contributed by atoms with Crippen LogP contribution in [0.4, 0.5) is 5.69 Å². The van der Waals surface area contributed by atoms with Crippen LogP contribution in [0.3, 0.4) is 0 Å². The number of benzene rings is 1. The van der Waals surface area contributed by atoms with Crippen LogP contribution in [-0.2, 0) is 10.0 Å². The van der Waals surface area contributed by atoms with Crippen molar-refractivity contribution in [2.75, 3.05) is 26.4 Å². The van der Waals surface area contributed by atoms with Crippen molar-refractivity contribution in [2.45, 2.75) is 36.6 Å². The third-order valence-electron chi connectivity index (χ3n) is 4.41. The molecule has 0 spiro atoms. The predicted octanol–water partition coefficient (Wildman–Crippen LogP) is 1.99. The molecule has 1 fully saturated rings.